The van der Waals surface area contributed by atoms with Gasteiger partial charge in [-0.25, -0.2) is 0 Å². The molecular weight excluding hydrogens is 166 g/mol. The van der Waals surface area contributed by atoms with Gasteiger partial charge in [0.05, 0.1) is 12.5 Å². The van der Waals surface area contributed by atoms with Crippen LogP contribution in [0.4, 0.5) is 0 Å². The van der Waals surface area contributed by atoms with E-state index in [1.807, 2.05) is 32.3 Å². The molecule has 0 amide bonds. The van der Waals surface area contributed by atoms with Gasteiger partial charge in [-0.2, -0.15) is 0 Å². The van der Waals surface area contributed by atoms with Crippen molar-refractivity contribution in [3.63, 3.8) is 0 Å². The quantitative estimate of drug-likeness (QED) is 0.722. The molecule has 0 aliphatic rings. The van der Waals surface area contributed by atoms with E-state index in [0.29, 0.717) is 6.42 Å². The fraction of sp³-hybridized carbons (Fsp3) is 0.500. The van der Waals surface area contributed by atoms with Crippen LogP contribution in [-0.2, 0) is 16.0 Å². The Morgan fingerprint density at radius 3 is 2.77 bits per heavy atom. The minimum absolute atomic E-state index is 0.172. The molecule has 3 nitrogen and oxygen atoms in total. The third-order valence-electron chi connectivity index (χ3n) is 2.05. The topological polar surface area (TPSA) is 42.1 Å². The molecule has 1 heterocycles. The summed E-state index contributed by atoms with van der Waals surface area (Å²) < 4.78 is 4.71. The van der Waals surface area contributed by atoms with Crippen molar-refractivity contribution in [3.05, 3.63) is 24.0 Å². The summed E-state index contributed by atoms with van der Waals surface area (Å²) >= 11 is 0. The molecule has 0 spiro atoms. The lowest BCUT2D eigenvalue weighted by atomic mass is 9.87. The number of carbonyl (C=O) groups is 1. The number of esters is 1. The smallest absolute Gasteiger partial charge is 0.311 e. The summed E-state index contributed by atoms with van der Waals surface area (Å²) in [5.74, 6) is -0.172. The van der Waals surface area contributed by atoms with Crippen molar-refractivity contribution in [2.45, 2.75) is 20.3 Å². The molecule has 3 heteroatoms. The van der Waals surface area contributed by atoms with Crippen LogP contribution in [0.15, 0.2) is 18.5 Å². The Bertz CT molecular complexity index is 275. The molecule has 0 fully saturated rings. The van der Waals surface area contributed by atoms with Crippen LogP contribution in [0.25, 0.3) is 0 Å². The Balaban J connectivity index is 2.67. The van der Waals surface area contributed by atoms with Gasteiger partial charge in [-0.1, -0.05) is 0 Å². The number of hydrogen-bond acceptors (Lipinski definition) is 2. The van der Waals surface area contributed by atoms with Crippen LogP contribution < -0.4 is 0 Å². The lowest BCUT2D eigenvalue weighted by Crippen LogP contribution is -2.27. The van der Waals surface area contributed by atoms with E-state index in [2.05, 4.69) is 4.98 Å². The summed E-state index contributed by atoms with van der Waals surface area (Å²) in [4.78, 5) is 14.3. The van der Waals surface area contributed by atoms with Crippen molar-refractivity contribution in [1.29, 1.82) is 0 Å². The Morgan fingerprint density at radius 2 is 2.31 bits per heavy atom. The van der Waals surface area contributed by atoms with Crippen molar-refractivity contribution in [3.8, 4) is 0 Å². The van der Waals surface area contributed by atoms with Gasteiger partial charge >= 0.3 is 5.97 Å². The minimum atomic E-state index is -0.447. The van der Waals surface area contributed by atoms with Crippen molar-refractivity contribution in [1.82, 2.24) is 4.98 Å². The third kappa shape index (κ3) is 2.34. The van der Waals surface area contributed by atoms with Gasteiger partial charge in [-0.3, -0.25) is 4.79 Å². The summed E-state index contributed by atoms with van der Waals surface area (Å²) in [7, 11) is 1.42. The number of hydrogen-bond donors (Lipinski definition) is 1. The second-order valence-corrected chi connectivity index (χ2v) is 3.77. The lowest BCUT2D eigenvalue weighted by Gasteiger charge is -2.20. The minimum Gasteiger partial charge on any atom is -0.469 e. The fourth-order valence-electron chi connectivity index (χ4n) is 1.33. The first-order valence-corrected chi connectivity index (χ1v) is 4.26. The molecule has 1 rings (SSSR count). The number of nitrogens with one attached hydrogen (secondary N) is 1. The summed E-state index contributed by atoms with van der Waals surface area (Å²) in [6, 6.07) is 1.96. The molecule has 0 atom stereocenters. The molecule has 0 aliphatic carbocycles. The Kier molecular flexibility index (Phi) is 2.76. The molecular formula is C10H15NO2. The predicted molar refractivity (Wildman–Crippen MR) is 50.3 cm³/mol. The highest BCUT2D eigenvalue weighted by Gasteiger charge is 2.28. The second-order valence-electron chi connectivity index (χ2n) is 3.77. The summed E-state index contributed by atoms with van der Waals surface area (Å²) in [6.45, 7) is 3.76. The summed E-state index contributed by atoms with van der Waals surface area (Å²) in [5.41, 5.74) is 0.673. The molecule has 0 bridgehead atoms. The number of H-pyrrole nitrogens is 1. The van der Waals surface area contributed by atoms with Gasteiger partial charge in [0.25, 0.3) is 0 Å². The molecule has 1 N–H and O–H groups in total. The second kappa shape index (κ2) is 3.64. The van der Waals surface area contributed by atoms with E-state index in [1.165, 1.54) is 7.11 Å². The molecule has 72 valence electrons. The predicted octanol–water partition coefficient (Wildman–Crippen LogP) is 1.76. The SMILES string of the molecule is COC(=O)C(C)(C)Cc1cc[nH]c1. The van der Waals surface area contributed by atoms with Gasteiger partial charge in [0.2, 0.25) is 0 Å². The number of rotatable bonds is 3. The van der Waals surface area contributed by atoms with E-state index >= 15 is 0 Å². The standard InChI is InChI=1S/C10H15NO2/c1-10(2,9(12)13-3)6-8-4-5-11-7-8/h4-5,7,11H,6H2,1-3H3. The number of aromatic amines is 1. The van der Waals surface area contributed by atoms with Crippen LogP contribution in [-0.4, -0.2) is 18.1 Å². The van der Waals surface area contributed by atoms with E-state index in [4.69, 9.17) is 4.74 Å². The number of aromatic nitrogens is 1. The van der Waals surface area contributed by atoms with Gasteiger partial charge in [0.15, 0.2) is 0 Å². The normalized spacial score (nSPS) is 11.3. The van der Waals surface area contributed by atoms with Crippen LogP contribution in [0.2, 0.25) is 0 Å². The Labute approximate surface area is 78.1 Å². The first-order chi connectivity index (χ1) is 6.06. The molecule has 13 heavy (non-hydrogen) atoms. The zero-order valence-corrected chi connectivity index (χ0v) is 8.26. The molecule has 0 unspecified atom stereocenters. The van der Waals surface area contributed by atoms with Gasteiger partial charge in [0, 0.05) is 12.4 Å². The van der Waals surface area contributed by atoms with Gasteiger partial charge in [-0.05, 0) is 31.9 Å². The zero-order chi connectivity index (χ0) is 9.90. The highest BCUT2D eigenvalue weighted by Crippen LogP contribution is 2.22. The molecule has 0 saturated heterocycles. The number of carbonyl (C=O) groups excluding carboxylic acids is 1. The molecule has 0 radical (unpaired) electrons. The Hall–Kier alpha value is -1.25. The van der Waals surface area contributed by atoms with Crippen LogP contribution in [0.1, 0.15) is 19.4 Å². The molecule has 1 aromatic rings. The highest BCUT2D eigenvalue weighted by molar-refractivity contribution is 5.76. The maximum absolute atomic E-state index is 11.3. The first-order valence-electron chi connectivity index (χ1n) is 4.26. The van der Waals surface area contributed by atoms with Gasteiger partial charge < -0.3 is 9.72 Å². The van der Waals surface area contributed by atoms with E-state index in [1.54, 1.807) is 0 Å². The number of ether oxygens (including phenoxy) is 1. The fourth-order valence-corrected chi connectivity index (χ4v) is 1.33. The zero-order valence-electron chi connectivity index (χ0n) is 8.26. The maximum atomic E-state index is 11.3. The maximum Gasteiger partial charge on any atom is 0.311 e. The van der Waals surface area contributed by atoms with Crippen LogP contribution in [0, 0.1) is 5.41 Å². The Morgan fingerprint density at radius 1 is 1.62 bits per heavy atom. The average Bonchev–Trinajstić information content (AvgIpc) is 2.54. The first kappa shape index (κ1) is 9.84. The molecule has 0 saturated carbocycles. The van der Waals surface area contributed by atoms with Crippen LogP contribution >= 0.6 is 0 Å². The van der Waals surface area contributed by atoms with E-state index in [9.17, 15) is 4.79 Å². The molecule has 1 aromatic heterocycles. The van der Waals surface area contributed by atoms with Crippen LogP contribution in [0.3, 0.4) is 0 Å². The van der Waals surface area contributed by atoms with E-state index in [0.717, 1.165) is 5.56 Å². The van der Waals surface area contributed by atoms with Crippen molar-refractivity contribution in [2.24, 2.45) is 5.41 Å². The summed E-state index contributed by atoms with van der Waals surface area (Å²) in [5, 5.41) is 0. The number of methoxy groups -OCH3 is 1. The summed E-state index contributed by atoms with van der Waals surface area (Å²) in [6.07, 6.45) is 4.44. The van der Waals surface area contributed by atoms with Gasteiger partial charge in [0.1, 0.15) is 0 Å². The van der Waals surface area contributed by atoms with Crippen molar-refractivity contribution in [2.75, 3.05) is 7.11 Å². The lowest BCUT2D eigenvalue weighted by molar-refractivity contribution is -0.150. The molecule has 0 aromatic carbocycles. The monoisotopic (exact) mass is 181 g/mol. The highest BCUT2D eigenvalue weighted by atomic mass is 16.5. The average molecular weight is 181 g/mol. The van der Waals surface area contributed by atoms with E-state index < -0.39 is 5.41 Å². The molecule has 0 aliphatic heterocycles. The van der Waals surface area contributed by atoms with Crippen molar-refractivity contribution >= 4 is 5.97 Å². The van der Waals surface area contributed by atoms with Crippen LogP contribution in [0.5, 0.6) is 0 Å². The largest absolute Gasteiger partial charge is 0.469 e. The van der Waals surface area contributed by atoms with Crippen molar-refractivity contribution < 1.29 is 9.53 Å². The van der Waals surface area contributed by atoms with Gasteiger partial charge in [-0.15, -0.1) is 0 Å². The van der Waals surface area contributed by atoms with E-state index in [-0.39, 0.29) is 5.97 Å². The third-order valence-corrected chi connectivity index (χ3v) is 2.05.